The highest BCUT2D eigenvalue weighted by Crippen LogP contribution is 2.17. The van der Waals surface area contributed by atoms with Gasteiger partial charge in [0.1, 0.15) is 5.92 Å². The Morgan fingerprint density at radius 2 is 1.30 bits per heavy atom. The highest BCUT2D eigenvalue weighted by Gasteiger charge is 2.26. The number of carbonyl (C=O) groups is 3. The number of rotatable bonds is 15. The van der Waals surface area contributed by atoms with Gasteiger partial charge in [0.15, 0.2) is 0 Å². The molecule has 1 unspecified atom stereocenters. The number of aliphatic carboxylic acids is 1. The Balaban J connectivity index is 1.74. The van der Waals surface area contributed by atoms with E-state index in [0.29, 0.717) is 17.8 Å². The summed E-state index contributed by atoms with van der Waals surface area (Å²) in [6.45, 7) is 2.21. The van der Waals surface area contributed by atoms with Crippen LogP contribution in [-0.4, -0.2) is 22.9 Å². The molecule has 2 amide bonds. The minimum absolute atomic E-state index is 0.0217. The first-order valence-corrected chi connectivity index (χ1v) is 12.0. The summed E-state index contributed by atoms with van der Waals surface area (Å²) >= 11 is 0. The maximum atomic E-state index is 12.5. The quantitative estimate of drug-likeness (QED) is 0.227. The van der Waals surface area contributed by atoms with E-state index in [4.69, 9.17) is 0 Å². The van der Waals surface area contributed by atoms with Gasteiger partial charge in [0, 0.05) is 17.8 Å². The summed E-state index contributed by atoms with van der Waals surface area (Å²) < 4.78 is 0. The number of hydrogen-bond acceptors (Lipinski definition) is 3. The Morgan fingerprint density at radius 3 is 1.88 bits per heavy atom. The third kappa shape index (κ3) is 10.3. The lowest BCUT2D eigenvalue weighted by Crippen LogP contribution is -2.31. The van der Waals surface area contributed by atoms with Gasteiger partial charge >= 0.3 is 5.97 Å². The monoisotopic (exact) mass is 452 g/mol. The van der Waals surface area contributed by atoms with Gasteiger partial charge in [0.2, 0.25) is 11.8 Å². The van der Waals surface area contributed by atoms with Crippen LogP contribution in [0.4, 0.5) is 11.4 Å². The molecule has 0 saturated carbocycles. The summed E-state index contributed by atoms with van der Waals surface area (Å²) in [7, 11) is 0. The SMILES string of the molecule is CCCCCCCCCCC(=O)Nc1ccc(NC(=O)C(Cc2ccccc2)C(=O)O)cc1. The maximum Gasteiger partial charge on any atom is 0.316 e. The van der Waals surface area contributed by atoms with Gasteiger partial charge in [0.05, 0.1) is 0 Å². The number of benzene rings is 2. The molecule has 2 aromatic rings. The number of anilines is 2. The summed E-state index contributed by atoms with van der Waals surface area (Å²) in [5, 5.41) is 15.0. The largest absolute Gasteiger partial charge is 0.481 e. The van der Waals surface area contributed by atoms with E-state index in [1.807, 2.05) is 18.2 Å². The van der Waals surface area contributed by atoms with Crippen molar-refractivity contribution in [2.45, 2.75) is 71.1 Å². The Morgan fingerprint density at radius 1 is 0.758 bits per heavy atom. The zero-order chi connectivity index (χ0) is 23.9. The van der Waals surface area contributed by atoms with Gasteiger partial charge in [-0.2, -0.15) is 0 Å². The smallest absolute Gasteiger partial charge is 0.316 e. The molecule has 1 atom stereocenters. The Hall–Kier alpha value is -3.15. The molecule has 0 aliphatic rings. The van der Waals surface area contributed by atoms with Crippen LogP contribution in [0.5, 0.6) is 0 Å². The van der Waals surface area contributed by atoms with Crippen molar-refractivity contribution >= 4 is 29.2 Å². The fraction of sp³-hybridized carbons (Fsp3) is 0.444. The zero-order valence-electron chi connectivity index (χ0n) is 19.5. The van der Waals surface area contributed by atoms with E-state index in [1.165, 1.54) is 38.5 Å². The molecule has 6 heteroatoms. The lowest BCUT2D eigenvalue weighted by atomic mass is 9.98. The highest BCUT2D eigenvalue weighted by molar-refractivity contribution is 6.04. The van der Waals surface area contributed by atoms with Crippen molar-refractivity contribution in [2.24, 2.45) is 5.92 Å². The molecule has 33 heavy (non-hydrogen) atoms. The minimum Gasteiger partial charge on any atom is -0.481 e. The topological polar surface area (TPSA) is 95.5 Å². The van der Waals surface area contributed by atoms with Crippen molar-refractivity contribution in [1.82, 2.24) is 0 Å². The maximum absolute atomic E-state index is 12.5. The van der Waals surface area contributed by atoms with Crippen molar-refractivity contribution in [3.63, 3.8) is 0 Å². The number of carboxylic acid groups (broad SMARTS) is 1. The number of hydrogen-bond donors (Lipinski definition) is 3. The van der Waals surface area contributed by atoms with Gasteiger partial charge in [-0.15, -0.1) is 0 Å². The molecule has 0 aliphatic heterocycles. The van der Waals surface area contributed by atoms with E-state index in [9.17, 15) is 19.5 Å². The number of amides is 2. The normalized spacial score (nSPS) is 11.5. The van der Waals surface area contributed by atoms with Gasteiger partial charge in [-0.25, -0.2) is 0 Å². The summed E-state index contributed by atoms with van der Waals surface area (Å²) in [6.07, 6.45) is 10.1. The second-order valence-corrected chi connectivity index (χ2v) is 8.42. The molecule has 3 N–H and O–H groups in total. The molecule has 6 nitrogen and oxygen atoms in total. The molecular formula is C27H36N2O4. The third-order valence-electron chi connectivity index (χ3n) is 5.59. The van der Waals surface area contributed by atoms with Crippen molar-refractivity contribution in [2.75, 3.05) is 10.6 Å². The van der Waals surface area contributed by atoms with Crippen LogP contribution in [0, 0.1) is 5.92 Å². The molecule has 2 rings (SSSR count). The summed E-state index contributed by atoms with van der Waals surface area (Å²) in [5.74, 6) is -2.94. The van der Waals surface area contributed by atoms with E-state index in [1.54, 1.807) is 36.4 Å². The standard InChI is InChI=1S/C27H36N2O4/c1-2-3-4-5-6-7-8-12-15-25(30)28-22-16-18-23(19-17-22)29-26(31)24(27(32)33)20-21-13-10-9-11-14-21/h9-11,13-14,16-19,24H,2-8,12,15,20H2,1H3,(H,28,30)(H,29,31)(H,32,33). The first kappa shape index (κ1) is 26.1. The minimum atomic E-state index is -1.18. The third-order valence-corrected chi connectivity index (χ3v) is 5.59. The first-order chi connectivity index (χ1) is 16.0. The Kier molecular flexibility index (Phi) is 11.7. The van der Waals surface area contributed by atoms with E-state index < -0.39 is 17.8 Å². The number of carbonyl (C=O) groups excluding carboxylic acids is 2. The molecule has 0 aliphatic carbocycles. The van der Waals surface area contributed by atoms with E-state index >= 15 is 0 Å². The molecule has 0 spiro atoms. The predicted octanol–water partition coefficient (Wildman–Crippen LogP) is 6.04. The Bertz CT molecular complexity index is 865. The van der Waals surface area contributed by atoms with E-state index in [2.05, 4.69) is 17.6 Å². The van der Waals surface area contributed by atoms with Crippen LogP contribution < -0.4 is 10.6 Å². The van der Waals surface area contributed by atoms with Crippen molar-refractivity contribution in [1.29, 1.82) is 0 Å². The number of carboxylic acids is 1. The van der Waals surface area contributed by atoms with Crippen molar-refractivity contribution < 1.29 is 19.5 Å². The lowest BCUT2D eigenvalue weighted by molar-refractivity contribution is -0.145. The van der Waals surface area contributed by atoms with Gasteiger partial charge in [0.25, 0.3) is 0 Å². The van der Waals surface area contributed by atoms with Crippen LogP contribution in [0.2, 0.25) is 0 Å². The molecule has 0 radical (unpaired) electrons. The van der Waals surface area contributed by atoms with Crippen LogP contribution in [0.25, 0.3) is 0 Å². The van der Waals surface area contributed by atoms with Crippen molar-refractivity contribution in [3.05, 3.63) is 60.2 Å². The molecule has 2 aromatic carbocycles. The van der Waals surface area contributed by atoms with Crippen molar-refractivity contribution in [3.8, 4) is 0 Å². The first-order valence-electron chi connectivity index (χ1n) is 12.0. The number of unbranched alkanes of at least 4 members (excludes halogenated alkanes) is 7. The van der Waals surface area contributed by atoms with E-state index in [0.717, 1.165) is 18.4 Å². The molecule has 0 fully saturated rings. The molecule has 0 bridgehead atoms. The van der Waals surface area contributed by atoms with E-state index in [-0.39, 0.29) is 12.3 Å². The van der Waals surface area contributed by atoms with Gasteiger partial charge in [-0.05, 0) is 42.7 Å². The fourth-order valence-electron chi connectivity index (χ4n) is 3.65. The molecule has 0 saturated heterocycles. The second-order valence-electron chi connectivity index (χ2n) is 8.42. The van der Waals surface area contributed by atoms with Gasteiger partial charge < -0.3 is 15.7 Å². The highest BCUT2D eigenvalue weighted by atomic mass is 16.4. The average Bonchev–Trinajstić information content (AvgIpc) is 2.81. The van der Waals surface area contributed by atoms with Crippen LogP contribution >= 0.6 is 0 Å². The average molecular weight is 453 g/mol. The van der Waals surface area contributed by atoms with Gasteiger partial charge in [-0.3, -0.25) is 14.4 Å². The predicted molar refractivity (Wildman–Crippen MR) is 132 cm³/mol. The molecule has 0 heterocycles. The summed E-state index contributed by atoms with van der Waals surface area (Å²) in [4.78, 5) is 36.2. The summed E-state index contributed by atoms with van der Waals surface area (Å²) in [5.41, 5.74) is 1.92. The summed E-state index contributed by atoms with van der Waals surface area (Å²) in [6, 6.07) is 15.8. The van der Waals surface area contributed by atoms with Crippen LogP contribution in [0.1, 0.15) is 70.3 Å². The zero-order valence-corrected chi connectivity index (χ0v) is 19.5. The molecular weight excluding hydrogens is 416 g/mol. The van der Waals surface area contributed by atoms with Gasteiger partial charge in [-0.1, -0.05) is 82.2 Å². The number of nitrogens with one attached hydrogen (secondary N) is 2. The second kappa shape index (κ2) is 14.8. The Labute approximate surface area is 196 Å². The lowest BCUT2D eigenvalue weighted by Gasteiger charge is -2.13. The fourth-order valence-corrected chi connectivity index (χ4v) is 3.65. The van der Waals surface area contributed by atoms with Crippen LogP contribution in [0.15, 0.2) is 54.6 Å². The van der Waals surface area contributed by atoms with Crippen LogP contribution in [0.3, 0.4) is 0 Å². The molecule has 178 valence electrons. The van der Waals surface area contributed by atoms with Crippen LogP contribution in [-0.2, 0) is 20.8 Å². The molecule has 0 aromatic heterocycles.